The Morgan fingerprint density at radius 2 is 2.33 bits per heavy atom. The van der Waals surface area contributed by atoms with Gasteiger partial charge in [0.2, 0.25) is 0 Å². The molecule has 1 aliphatic rings. The summed E-state index contributed by atoms with van der Waals surface area (Å²) < 4.78 is 2.20. The molecule has 4 nitrogen and oxygen atoms in total. The molecule has 0 amide bonds. The number of rotatable bonds is 6. The number of aromatic nitrogens is 2. The summed E-state index contributed by atoms with van der Waals surface area (Å²) in [6.07, 6.45) is 7.00. The van der Waals surface area contributed by atoms with Crippen molar-refractivity contribution in [2.45, 2.75) is 45.2 Å². The summed E-state index contributed by atoms with van der Waals surface area (Å²) in [5.74, 6) is 0. The van der Waals surface area contributed by atoms with Gasteiger partial charge < -0.3 is 10.2 Å². The van der Waals surface area contributed by atoms with Gasteiger partial charge in [0.15, 0.2) is 0 Å². The highest BCUT2D eigenvalue weighted by atomic mass is 15.3. The fraction of sp³-hybridized carbons (Fsp3) is 0.786. The molecule has 1 unspecified atom stereocenters. The van der Waals surface area contributed by atoms with Crippen LogP contribution in [0.1, 0.15) is 43.5 Å². The first-order valence-corrected chi connectivity index (χ1v) is 7.15. The standard InChI is InChI=1S/C14H26N4/c1-4-8-15-13-6-5-7-14-12(13)11-16-18(14)10-9-17(2)3/h11,13,15H,4-10H2,1-3H3. The SMILES string of the molecule is CCCNC1CCCc2c1cnn2CCN(C)C. The average molecular weight is 250 g/mol. The zero-order chi connectivity index (χ0) is 13.0. The van der Waals surface area contributed by atoms with Crippen LogP contribution in [0.15, 0.2) is 6.20 Å². The quantitative estimate of drug-likeness (QED) is 0.836. The Hall–Kier alpha value is -0.870. The van der Waals surface area contributed by atoms with Crippen LogP contribution in [0.4, 0.5) is 0 Å². The number of fused-ring (bicyclic) bond motifs is 1. The van der Waals surface area contributed by atoms with Crippen molar-refractivity contribution in [3.05, 3.63) is 17.5 Å². The van der Waals surface area contributed by atoms with Crippen molar-refractivity contribution in [2.75, 3.05) is 27.2 Å². The molecule has 1 heterocycles. The van der Waals surface area contributed by atoms with E-state index < -0.39 is 0 Å². The summed E-state index contributed by atoms with van der Waals surface area (Å²) in [6, 6.07) is 0.529. The second kappa shape index (κ2) is 6.34. The summed E-state index contributed by atoms with van der Waals surface area (Å²) in [5, 5.41) is 8.22. The lowest BCUT2D eigenvalue weighted by molar-refractivity contribution is 0.365. The van der Waals surface area contributed by atoms with Gasteiger partial charge in [-0.05, 0) is 46.3 Å². The molecule has 18 heavy (non-hydrogen) atoms. The van der Waals surface area contributed by atoms with Crippen molar-refractivity contribution < 1.29 is 0 Å². The van der Waals surface area contributed by atoms with Crippen LogP contribution in [0.25, 0.3) is 0 Å². The average Bonchev–Trinajstić information content (AvgIpc) is 2.77. The molecule has 1 aliphatic carbocycles. The molecule has 2 rings (SSSR count). The summed E-state index contributed by atoms with van der Waals surface area (Å²) >= 11 is 0. The number of hydrogen-bond donors (Lipinski definition) is 1. The first kappa shape index (κ1) is 13.6. The Kier molecular flexibility index (Phi) is 4.78. The van der Waals surface area contributed by atoms with Crippen LogP contribution >= 0.6 is 0 Å². The van der Waals surface area contributed by atoms with Crippen molar-refractivity contribution in [3.8, 4) is 0 Å². The summed E-state index contributed by atoms with van der Waals surface area (Å²) in [4.78, 5) is 2.21. The molecular formula is C14H26N4. The molecule has 0 radical (unpaired) electrons. The maximum Gasteiger partial charge on any atom is 0.0540 e. The molecule has 0 aliphatic heterocycles. The smallest absolute Gasteiger partial charge is 0.0540 e. The maximum atomic E-state index is 4.58. The van der Waals surface area contributed by atoms with E-state index in [0.717, 1.165) is 19.6 Å². The van der Waals surface area contributed by atoms with E-state index in [1.54, 1.807) is 0 Å². The second-order valence-corrected chi connectivity index (χ2v) is 5.47. The first-order valence-electron chi connectivity index (χ1n) is 7.15. The number of hydrogen-bond acceptors (Lipinski definition) is 3. The van der Waals surface area contributed by atoms with E-state index in [9.17, 15) is 0 Å². The molecule has 1 N–H and O–H groups in total. The predicted octanol–water partition coefficient (Wildman–Crippen LogP) is 1.82. The largest absolute Gasteiger partial charge is 0.310 e. The molecule has 1 aromatic heterocycles. The van der Waals surface area contributed by atoms with Gasteiger partial charge >= 0.3 is 0 Å². The Morgan fingerprint density at radius 1 is 1.50 bits per heavy atom. The van der Waals surface area contributed by atoms with Crippen LogP contribution in [0, 0.1) is 0 Å². The second-order valence-electron chi connectivity index (χ2n) is 5.47. The highest BCUT2D eigenvalue weighted by molar-refractivity contribution is 5.24. The van der Waals surface area contributed by atoms with Crippen LogP contribution in [-0.4, -0.2) is 41.9 Å². The van der Waals surface area contributed by atoms with Gasteiger partial charge in [0.05, 0.1) is 12.7 Å². The number of likely N-dealkylation sites (N-methyl/N-ethyl adjacent to an activating group) is 1. The molecule has 1 atom stereocenters. The fourth-order valence-electron chi connectivity index (χ4n) is 2.64. The van der Waals surface area contributed by atoms with Gasteiger partial charge in [0.25, 0.3) is 0 Å². The normalized spacial score (nSPS) is 19.2. The Morgan fingerprint density at radius 3 is 3.06 bits per heavy atom. The zero-order valence-corrected chi connectivity index (χ0v) is 11.9. The molecule has 0 aromatic carbocycles. The van der Waals surface area contributed by atoms with E-state index in [1.807, 2.05) is 0 Å². The van der Waals surface area contributed by atoms with E-state index in [1.165, 1.54) is 36.9 Å². The molecular weight excluding hydrogens is 224 g/mol. The monoisotopic (exact) mass is 250 g/mol. The lowest BCUT2D eigenvalue weighted by Gasteiger charge is -2.24. The third kappa shape index (κ3) is 3.12. The van der Waals surface area contributed by atoms with Gasteiger partial charge in [0, 0.05) is 23.8 Å². The van der Waals surface area contributed by atoms with Crippen LogP contribution in [0.3, 0.4) is 0 Å². The lowest BCUT2D eigenvalue weighted by Crippen LogP contribution is -2.27. The Labute approximate surface area is 110 Å². The van der Waals surface area contributed by atoms with Crippen LogP contribution < -0.4 is 5.32 Å². The minimum absolute atomic E-state index is 0.529. The van der Waals surface area contributed by atoms with Crippen molar-refractivity contribution in [3.63, 3.8) is 0 Å². The van der Waals surface area contributed by atoms with E-state index >= 15 is 0 Å². The molecule has 1 aromatic rings. The van der Waals surface area contributed by atoms with Gasteiger partial charge in [-0.15, -0.1) is 0 Å². The van der Waals surface area contributed by atoms with E-state index in [0.29, 0.717) is 6.04 Å². The van der Waals surface area contributed by atoms with Gasteiger partial charge in [0.1, 0.15) is 0 Å². The lowest BCUT2D eigenvalue weighted by atomic mass is 9.93. The molecule has 0 saturated heterocycles. The first-order chi connectivity index (χ1) is 8.72. The van der Waals surface area contributed by atoms with Crippen molar-refractivity contribution >= 4 is 0 Å². The Balaban J connectivity index is 2.06. The van der Waals surface area contributed by atoms with Crippen molar-refractivity contribution in [1.82, 2.24) is 20.0 Å². The number of nitrogens with one attached hydrogen (secondary N) is 1. The van der Waals surface area contributed by atoms with E-state index in [4.69, 9.17) is 0 Å². The molecule has 0 bridgehead atoms. The number of nitrogens with zero attached hydrogens (tertiary/aromatic N) is 3. The van der Waals surface area contributed by atoms with Gasteiger partial charge in [-0.25, -0.2) is 0 Å². The molecule has 4 heteroatoms. The zero-order valence-electron chi connectivity index (χ0n) is 11.9. The maximum absolute atomic E-state index is 4.58. The highest BCUT2D eigenvalue weighted by Gasteiger charge is 2.23. The molecule has 0 saturated carbocycles. The third-order valence-corrected chi connectivity index (χ3v) is 3.66. The summed E-state index contributed by atoms with van der Waals surface area (Å²) in [6.45, 7) is 5.38. The summed E-state index contributed by atoms with van der Waals surface area (Å²) in [5.41, 5.74) is 2.89. The molecule has 0 fully saturated rings. The molecule has 0 spiro atoms. The topological polar surface area (TPSA) is 33.1 Å². The van der Waals surface area contributed by atoms with Crippen LogP contribution in [0.5, 0.6) is 0 Å². The summed E-state index contributed by atoms with van der Waals surface area (Å²) in [7, 11) is 4.23. The van der Waals surface area contributed by atoms with Crippen molar-refractivity contribution in [2.24, 2.45) is 0 Å². The molecule has 102 valence electrons. The minimum Gasteiger partial charge on any atom is -0.310 e. The Bertz CT molecular complexity index is 370. The third-order valence-electron chi connectivity index (χ3n) is 3.66. The fourth-order valence-corrected chi connectivity index (χ4v) is 2.64. The van der Waals surface area contributed by atoms with E-state index in [-0.39, 0.29) is 0 Å². The highest BCUT2D eigenvalue weighted by Crippen LogP contribution is 2.29. The van der Waals surface area contributed by atoms with Crippen LogP contribution in [0.2, 0.25) is 0 Å². The van der Waals surface area contributed by atoms with Crippen LogP contribution in [-0.2, 0) is 13.0 Å². The minimum atomic E-state index is 0.529. The predicted molar refractivity (Wildman–Crippen MR) is 74.8 cm³/mol. The van der Waals surface area contributed by atoms with Gasteiger partial charge in [-0.1, -0.05) is 6.92 Å². The van der Waals surface area contributed by atoms with Gasteiger partial charge in [-0.2, -0.15) is 5.10 Å². The van der Waals surface area contributed by atoms with Gasteiger partial charge in [-0.3, -0.25) is 4.68 Å². The van der Waals surface area contributed by atoms with Crippen molar-refractivity contribution in [1.29, 1.82) is 0 Å². The van der Waals surface area contributed by atoms with E-state index in [2.05, 4.69) is 47.2 Å².